The van der Waals surface area contributed by atoms with E-state index in [-0.39, 0.29) is 5.41 Å². The summed E-state index contributed by atoms with van der Waals surface area (Å²) < 4.78 is 68.5. The SMILES string of the molecule is CC1CC2CC(C1)CC(C)(C=O)C2.COOSC(F)(F)C(OC)C(F)(F)F. The van der Waals surface area contributed by atoms with Crippen LogP contribution in [0.1, 0.15) is 46.0 Å². The summed E-state index contributed by atoms with van der Waals surface area (Å²) in [5.41, 5.74) is 0.0216. The van der Waals surface area contributed by atoms with Gasteiger partial charge >= 0.3 is 11.4 Å². The Morgan fingerprint density at radius 3 is 1.96 bits per heavy atom. The first-order chi connectivity index (χ1) is 12.4. The number of ether oxygens (including phenoxy) is 1. The van der Waals surface area contributed by atoms with E-state index in [9.17, 15) is 26.7 Å². The van der Waals surface area contributed by atoms with Crippen molar-refractivity contribution in [1.82, 2.24) is 0 Å². The maximum absolute atomic E-state index is 12.7. The van der Waals surface area contributed by atoms with E-state index in [1.165, 1.54) is 25.5 Å². The van der Waals surface area contributed by atoms with Crippen molar-refractivity contribution in [3.63, 3.8) is 0 Å². The minimum Gasteiger partial charge on any atom is -0.366 e. The molecule has 0 aromatic rings. The molecule has 0 N–H and O–H groups in total. The number of rotatable bonds is 6. The molecule has 10 heteroatoms. The highest BCUT2D eigenvalue weighted by molar-refractivity contribution is 7.95. The van der Waals surface area contributed by atoms with Gasteiger partial charge in [0, 0.05) is 12.5 Å². The molecule has 4 nitrogen and oxygen atoms in total. The van der Waals surface area contributed by atoms with E-state index < -0.39 is 29.6 Å². The van der Waals surface area contributed by atoms with Crippen molar-refractivity contribution in [3.05, 3.63) is 0 Å². The molecule has 2 bridgehead atoms. The van der Waals surface area contributed by atoms with Crippen LogP contribution in [-0.2, 0) is 18.8 Å². The Hall–Kier alpha value is -0.450. The molecule has 2 rings (SSSR count). The van der Waals surface area contributed by atoms with Gasteiger partial charge in [-0.2, -0.15) is 26.3 Å². The van der Waals surface area contributed by atoms with Crippen molar-refractivity contribution in [2.45, 2.75) is 63.5 Å². The second-order valence-corrected chi connectivity index (χ2v) is 8.61. The van der Waals surface area contributed by atoms with Crippen molar-refractivity contribution in [3.8, 4) is 0 Å². The van der Waals surface area contributed by atoms with Gasteiger partial charge in [-0.3, -0.25) is 0 Å². The van der Waals surface area contributed by atoms with Crippen molar-refractivity contribution < 1.29 is 40.7 Å². The quantitative estimate of drug-likeness (QED) is 0.188. The molecular weight excluding hydrogens is 395 g/mol. The second-order valence-electron chi connectivity index (χ2n) is 7.76. The maximum Gasteiger partial charge on any atom is 0.421 e. The zero-order chi connectivity index (χ0) is 20.9. The third kappa shape index (κ3) is 7.47. The van der Waals surface area contributed by atoms with Crippen molar-refractivity contribution in [1.29, 1.82) is 0 Å². The summed E-state index contributed by atoms with van der Waals surface area (Å²) in [5.74, 6) is 2.59. The van der Waals surface area contributed by atoms with E-state index in [4.69, 9.17) is 0 Å². The summed E-state index contributed by atoms with van der Waals surface area (Å²) >= 11 is -0.762. The number of carbonyl (C=O) groups is 1. The lowest BCUT2D eigenvalue weighted by molar-refractivity contribution is -0.258. The predicted octanol–water partition coefficient (Wildman–Crippen LogP) is 5.42. The minimum absolute atomic E-state index is 0.0216. The molecule has 0 spiro atoms. The molecule has 2 saturated carbocycles. The number of hydrogen-bond acceptors (Lipinski definition) is 5. The first-order valence-electron chi connectivity index (χ1n) is 8.69. The van der Waals surface area contributed by atoms with Crippen molar-refractivity contribution in [2.24, 2.45) is 23.2 Å². The van der Waals surface area contributed by atoms with Crippen LogP contribution in [0, 0.1) is 23.2 Å². The molecule has 2 aliphatic rings. The van der Waals surface area contributed by atoms with E-state index >= 15 is 0 Å². The first-order valence-corrected chi connectivity index (χ1v) is 9.43. The molecule has 2 fully saturated rings. The number of halogens is 5. The first kappa shape index (κ1) is 24.6. The van der Waals surface area contributed by atoms with Crippen LogP contribution in [0.4, 0.5) is 22.0 Å². The lowest BCUT2D eigenvalue weighted by atomic mass is 9.60. The second kappa shape index (κ2) is 9.84. The molecule has 27 heavy (non-hydrogen) atoms. The van der Waals surface area contributed by atoms with Gasteiger partial charge in [0.15, 0.2) is 0 Å². The van der Waals surface area contributed by atoms with Gasteiger partial charge in [-0.1, -0.05) is 13.8 Å². The summed E-state index contributed by atoms with van der Waals surface area (Å²) in [6.45, 7) is 4.51. The van der Waals surface area contributed by atoms with Gasteiger partial charge in [0.05, 0.1) is 7.11 Å². The summed E-state index contributed by atoms with van der Waals surface area (Å²) in [5, 5.41) is -4.27. The van der Waals surface area contributed by atoms with Crippen LogP contribution in [0.3, 0.4) is 0 Å². The van der Waals surface area contributed by atoms with Crippen LogP contribution < -0.4 is 0 Å². The van der Waals surface area contributed by atoms with E-state index in [0.29, 0.717) is 7.11 Å². The van der Waals surface area contributed by atoms with Gasteiger partial charge in [-0.05, 0) is 49.9 Å². The Morgan fingerprint density at radius 1 is 1.07 bits per heavy atom. The van der Waals surface area contributed by atoms with Gasteiger partial charge in [-0.25, -0.2) is 4.89 Å². The average Bonchev–Trinajstić information content (AvgIpc) is 2.51. The molecule has 3 atom stereocenters. The van der Waals surface area contributed by atoms with Crippen LogP contribution >= 0.6 is 12.0 Å². The van der Waals surface area contributed by atoms with Crippen LogP contribution in [0.2, 0.25) is 0 Å². The van der Waals surface area contributed by atoms with Gasteiger partial charge in [-0.15, -0.1) is 0 Å². The van der Waals surface area contributed by atoms with Crippen molar-refractivity contribution >= 4 is 18.3 Å². The summed E-state index contributed by atoms with van der Waals surface area (Å²) in [7, 11) is 1.41. The normalized spacial score (nSPS) is 32.3. The van der Waals surface area contributed by atoms with Gasteiger partial charge in [0.2, 0.25) is 6.10 Å². The zero-order valence-electron chi connectivity index (χ0n) is 15.9. The monoisotopic (exact) mass is 422 g/mol. The molecule has 160 valence electrons. The molecular formula is C17H27F5O4S. The third-order valence-electron chi connectivity index (χ3n) is 4.98. The van der Waals surface area contributed by atoms with E-state index in [0.717, 1.165) is 37.7 Å². The highest BCUT2D eigenvalue weighted by Gasteiger charge is 2.58. The Balaban J connectivity index is 0.000000270. The van der Waals surface area contributed by atoms with E-state index in [1.54, 1.807) is 0 Å². The number of fused-ring (bicyclic) bond motifs is 2. The number of hydrogen-bond donors (Lipinski definition) is 0. The van der Waals surface area contributed by atoms with E-state index in [2.05, 4.69) is 27.8 Å². The highest BCUT2D eigenvalue weighted by Crippen LogP contribution is 2.49. The molecule has 0 aromatic heterocycles. The largest absolute Gasteiger partial charge is 0.421 e. The molecule has 0 amide bonds. The summed E-state index contributed by atoms with van der Waals surface area (Å²) in [6.07, 6.45) is -0.789. The molecule has 2 aliphatic carbocycles. The molecule has 0 heterocycles. The number of carbonyl (C=O) groups excluding carboxylic acids is 1. The Labute approximate surface area is 160 Å². The molecule has 0 radical (unpaired) electrons. The van der Waals surface area contributed by atoms with Crippen LogP contribution in [-0.4, -0.2) is 38.0 Å². The lowest BCUT2D eigenvalue weighted by Gasteiger charge is -2.44. The topological polar surface area (TPSA) is 44.8 Å². The average molecular weight is 422 g/mol. The summed E-state index contributed by atoms with van der Waals surface area (Å²) in [4.78, 5) is 14.7. The summed E-state index contributed by atoms with van der Waals surface area (Å²) in [6, 6.07) is 0. The maximum atomic E-state index is 12.7. The standard InChI is InChI=1S/C12H20O.C5H7F5O3S/c1-9-3-10-5-11(4-9)7-12(2,6-10)8-13;1-11-3(4(6,7)8)5(9,10)14-13-12-2/h8-11H,3-7H2,1-2H3;3H,1-2H3. The van der Waals surface area contributed by atoms with E-state index in [1.807, 2.05) is 0 Å². The van der Waals surface area contributed by atoms with Gasteiger partial charge in [0.1, 0.15) is 18.3 Å². The molecule has 0 aromatic carbocycles. The van der Waals surface area contributed by atoms with Crippen LogP contribution in [0.15, 0.2) is 0 Å². The fourth-order valence-electron chi connectivity index (χ4n) is 4.31. The predicted molar refractivity (Wildman–Crippen MR) is 90.9 cm³/mol. The minimum atomic E-state index is -5.18. The number of alkyl halides is 5. The van der Waals surface area contributed by atoms with Crippen LogP contribution in [0.25, 0.3) is 0 Å². The number of aldehydes is 1. The van der Waals surface area contributed by atoms with Crippen LogP contribution in [0.5, 0.6) is 0 Å². The fourth-order valence-corrected chi connectivity index (χ4v) is 4.79. The Kier molecular flexibility index (Phi) is 8.97. The van der Waals surface area contributed by atoms with Crippen molar-refractivity contribution in [2.75, 3.05) is 14.2 Å². The lowest BCUT2D eigenvalue weighted by Crippen LogP contribution is -2.44. The molecule has 0 saturated heterocycles. The Bertz CT molecular complexity index is 457. The van der Waals surface area contributed by atoms with Gasteiger partial charge < -0.3 is 9.53 Å². The fraction of sp³-hybridized carbons (Fsp3) is 0.941. The highest BCUT2D eigenvalue weighted by atomic mass is 32.2. The third-order valence-corrected chi connectivity index (χ3v) is 5.62. The molecule has 3 unspecified atom stereocenters. The van der Waals surface area contributed by atoms with Gasteiger partial charge in [0.25, 0.3) is 0 Å². The Morgan fingerprint density at radius 2 is 1.59 bits per heavy atom. The molecule has 0 aliphatic heterocycles. The zero-order valence-corrected chi connectivity index (χ0v) is 16.7. The smallest absolute Gasteiger partial charge is 0.366 e. The number of methoxy groups -OCH3 is 1.